The van der Waals surface area contributed by atoms with Crippen LogP contribution in [0.4, 0.5) is 17.3 Å². The lowest BCUT2D eigenvalue weighted by Gasteiger charge is -2.20. The van der Waals surface area contributed by atoms with E-state index in [2.05, 4.69) is 72.6 Å². The first kappa shape index (κ1) is 21.0. The minimum atomic E-state index is -0.366. The fraction of sp³-hybridized carbons (Fsp3) is 0.250. The lowest BCUT2D eigenvalue weighted by molar-refractivity contribution is 0.102. The lowest BCUT2D eigenvalue weighted by Crippen LogP contribution is -2.14. The van der Waals surface area contributed by atoms with Gasteiger partial charge in [0, 0.05) is 18.1 Å². The van der Waals surface area contributed by atoms with Gasteiger partial charge in [-0.2, -0.15) is 5.26 Å². The third-order valence-corrected chi connectivity index (χ3v) is 4.82. The Hall–Kier alpha value is -3.72. The zero-order valence-electron chi connectivity index (χ0n) is 17.6. The zero-order valence-corrected chi connectivity index (χ0v) is 17.6. The Balaban J connectivity index is 1.82. The molecule has 1 aromatic heterocycles. The highest BCUT2D eigenvalue weighted by Crippen LogP contribution is 2.33. The van der Waals surface area contributed by atoms with Crippen LogP contribution >= 0.6 is 0 Å². The van der Waals surface area contributed by atoms with Crippen LogP contribution in [0, 0.1) is 11.3 Å². The van der Waals surface area contributed by atoms with Crippen molar-refractivity contribution in [1.29, 1.82) is 5.26 Å². The van der Waals surface area contributed by atoms with Crippen LogP contribution in [0.5, 0.6) is 0 Å². The van der Waals surface area contributed by atoms with Crippen molar-refractivity contribution < 1.29 is 4.79 Å². The summed E-state index contributed by atoms with van der Waals surface area (Å²) in [5.41, 5.74) is 4.58. The highest BCUT2D eigenvalue weighted by Gasteiger charge is 2.15. The highest BCUT2D eigenvalue weighted by atomic mass is 16.1. The molecule has 0 spiro atoms. The Kier molecular flexibility index (Phi) is 6.43. The molecule has 0 atom stereocenters. The smallest absolute Gasteiger partial charge is 0.258 e. The van der Waals surface area contributed by atoms with Gasteiger partial charge >= 0.3 is 0 Å². The fourth-order valence-electron chi connectivity index (χ4n) is 3.20. The molecule has 1 amide bonds. The monoisotopic (exact) mass is 399 g/mol. The van der Waals surface area contributed by atoms with E-state index in [4.69, 9.17) is 5.26 Å². The Morgan fingerprint density at radius 1 is 0.933 bits per heavy atom. The Morgan fingerprint density at radius 3 is 2.10 bits per heavy atom. The summed E-state index contributed by atoms with van der Waals surface area (Å²) in [6, 6.07) is 15.2. The number of nitrogens with one attached hydrogen (secondary N) is 2. The van der Waals surface area contributed by atoms with E-state index in [9.17, 15) is 4.79 Å². The molecule has 0 bridgehead atoms. The molecule has 6 heteroatoms. The predicted molar refractivity (Wildman–Crippen MR) is 119 cm³/mol. The van der Waals surface area contributed by atoms with Gasteiger partial charge in [0.15, 0.2) is 0 Å². The molecule has 0 unspecified atom stereocenters. The number of aromatic nitrogens is 2. The van der Waals surface area contributed by atoms with E-state index >= 15 is 0 Å². The van der Waals surface area contributed by atoms with Crippen molar-refractivity contribution in [3.63, 3.8) is 0 Å². The molecule has 30 heavy (non-hydrogen) atoms. The molecule has 0 fully saturated rings. The van der Waals surface area contributed by atoms with E-state index in [-0.39, 0.29) is 5.91 Å². The van der Waals surface area contributed by atoms with E-state index in [0.717, 1.165) is 5.69 Å². The molecule has 0 aliphatic rings. The molecule has 0 radical (unpaired) electrons. The third kappa shape index (κ3) is 4.64. The molecule has 152 valence electrons. The topological polar surface area (TPSA) is 90.7 Å². The predicted octanol–water partition coefficient (Wildman–Crippen LogP) is 5.59. The average Bonchev–Trinajstić information content (AvgIpc) is 2.74. The van der Waals surface area contributed by atoms with Gasteiger partial charge in [0.2, 0.25) is 5.95 Å². The maximum Gasteiger partial charge on any atom is 0.258 e. The van der Waals surface area contributed by atoms with Crippen LogP contribution in [0.25, 0.3) is 0 Å². The van der Waals surface area contributed by atoms with Crippen LogP contribution < -0.4 is 10.6 Å². The minimum Gasteiger partial charge on any atom is -0.324 e. The van der Waals surface area contributed by atoms with E-state index in [1.807, 2.05) is 0 Å². The van der Waals surface area contributed by atoms with Crippen LogP contribution in [-0.4, -0.2) is 15.9 Å². The molecule has 1 heterocycles. The molecular formula is C24H25N5O. The van der Waals surface area contributed by atoms with Gasteiger partial charge in [-0.3, -0.25) is 4.79 Å². The first-order valence-electron chi connectivity index (χ1n) is 9.93. The maximum absolute atomic E-state index is 12.5. The first-order chi connectivity index (χ1) is 14.4. The van der Waals surface area contributed by atoms with Crippen molar-refractivity contribution in [3.05, 3.63) is 77.1 Å². The van der Waals surface area contributed by atoms with Gasteiger partial charge in [0.05, 0.1) is 16.8 Å². The van der Waals surface area contributed by atoms with E-state index < -0.39 is 0 Å². The van der Waals surface area contributed by atoms with Crippen molar-refractivity contribution >= 4 is 23.2 Å². The van der Waals surface area contributed by atoms with Gasteiger partial charge < -0.3 is 10.6 Å². The molecule has 2 N–H and O–H groups in total. The number of rotatable bonds is 6. The van der Waals surface area contributed by atoms with Crippen LogP contribution in [0.15, 0.2) is 54.9 Å². The van der Waals surface area contributed by atoms with Gasteiger partial charge in [0.25, 0.3) is 5.91 Å². The molecule has 3 aromatic rings. The summed E-state index contributed by atoms with van der Waals surface area (Å²) in [6.45, 7) is 8.60. The number of carbonyl (C=O) groups is 1. The second-order valence-electron chi connectivity index (χ2n) is 7.65. The van der Waals surface area contributed by atoms with Crippen molar-refractivity contribution in [3.8, 4) is 6.07 Å². The van der Waals surface area contributed by atoms with E-state index in [0.29, 0.717) is 34.6 Å². The Labute approximate surface area is 177 Å². The molecule has 0 aliphatic carbocycles. The number of carbonyl (C=O) groups excluding carboxylic acids is 1. The summed E-state index contributed by atoms with van der Waals surface area (Å²) in [4.78, 5) is 21.2. The first-order valence-corrected chi connectivity index (χ1v) is 9.93. The number of nitriles is 1. The molecular weight excluding hydrogens is 374 g/mol. The van der Waals surface area contributed by atoms with Crippen molar-refractivity contribution in [2.75, 3.05) is 10.6 Å². The van der Waals surface area contributed by atoms with E-state index in [1.165, 1.54) is 23.5 Å². The lowest BCUT2D eigenvalue weighted by atomic mass is 9.93. The molecule has 0 aliphatic heterocycles. The molecule has 0 saturated heterocycles. The number of amides is 1. The third-order valence-electron chi connectivity index (χ3n) is 4.82. The zero-order chi connectivity index (χ0) is 21.7. The number of para-hydroxylation sites is 2. The quantitative estimate of drug-likeness (QED) is 0.564. The summed E-state index contributed by atoms with van der Waals surface area (Å²) in [5.74, 6) is 0.751. The van der Waals surface area contributed by atoms with Gasteiger partial charge in [-0.15, -0.1) is 0 Å². The SMILES string of the molecule is CC(C)c1cccc(C(C)C)c1Nc1ncc(C(=O)Nc2ccccc2C#N)cn1. The van der Waals surface area contributed by atoms with Crippen molar-refractivity contribution in [1.82, 2.24) is 9.97 Å². The number of hydrogen-bond donors (Lipinski definition) is 2. The molecule has 3 rings (SSSR count). The summed E-state index contributed by atoms with van der Waals surface area (Å²) >= 11 is 0. The Bertz CT molecular complexity index is 1060. The second-order valence-corrected chi connectivity index (χ2v) is 7.65. The van der Waals surface area contributed by atoms with Gasteiger partial charge in [0.1, 0.15) is 6.07 Å². The summed E-state index contributed by atoms with van der Waals surface area (Å²) in [7, 11) is 0. The number of hydrogen-bond acceptors (Lipinski definition) is 5. The van der Waals surface area contributed by atoms with Gasteiger partial charge in [-0.1, -0.05) is 58.0 Å². The largest absolute Gasteiger partial charge is 0.324 e. The molecule has 0 saturated carbocycles. The van der Waals surface area contributed by atoms with Crippen LogP contribution in [-0.2, 0) is 0 Å². The van der Waals surface area contributed by atoms with E-state index in [1.54, 1.807) is 24.3 Å². The normalized spacial score (nSPS) is 10.7. The number of benzene rings is 2. The van der Waals surface area contributed by atoms with Crippen LogP contribution in [0.2, 0.25) is 0 Å². The van der Waals surface area contributed by atoms with Gasteiger partial charge in [-0.25, -0.2) is 9.97 Å². The van der Waals surface area contributed by atoms with Gasteiger partial charge in [-0.05, 0) is 35.1 Å². The summed E-state index contributed by atoms with van der Waals surface area (Å²) < 4.78 is 0. The fourth-order valence-corrected chi connectivity index (χ4v) is 3.20. The molecule has 6 nitrogen and oxygen atoms in total. The standard InChI is InChI=1S/C24H25N5O/c1-15(2)19-9-7-10-20(16(3)4)22(19)29-24-26-13-18(14-27-24)23(30)28-21-11-6-5-8-17(21)12-25/h5-11,13-16H,1-4H3,(H,28,30)(H,26,27,29). The van der Waals surface area contributed by atoms with Crippen molar-refractivity contribution in [2.45, 2.75) is 39.5 Å². The van der Waals surface area contributed by atoms with Crippen molar-refractivity contribution in [2.24, 2.45) is 0 Å². The number of nitrogens with zero attached hydrogens (tertiary/aromatic N) is 3. The highest BCUT2D eigenvalue weighted by molar-refractivity contribution is 6.04. The average molecular weight is 399 g/mol. The van der Waals surface area contributed by atoms with Crippen LogP contribution in [0.1, 0.15) is 66.6 Å². The van der Waals surface area contributed by atoms with Crippen LogP contribution in [0.3, 0.4) is 0 Å². The number of anilines is 3. The second kappa shape index (κ2) is 9.19. The minimum absolute atomic E-state index is 0.314. The maximum atomic E-state index is 12.5. The summed E-state index contributed by atoms with van der Waals surface area (Å²) in [6.07, 6.45) is 2.96. The Morgan fingerprint density at radius 2 is 1.53 bits per heavy atom. The molecule has 2 aromatic carbocycles. The summed E-state index contributed by atoms with van der Waals surface area (Å²) in [5, 5.41) is 15.2.